The molecule has 0 fully saturated rings. The minimum atomic E-state index is -3.52. The third-order valence-corrected chi connectivity index (χ3v) is 6.04. The molecule has 0 aromatic heterocycles. The number of nitrogens with one attached hydrogen (secondary N) is 1. The molecule has 0 saturated carbocycles. The predicted octanol–water partition coefficient (Wildman–Crippen LogP) is 5.13. The van der Waals surface area contributed by atoms with Gasteiger partial charge >= 0.3 is 0 Å². The smallest absolute Gasteiger partial charge is 0.208 e. The molecule has 1 atom stereocenters. The first-order chi connectivity index (χ1) is 10.5. The zero-order chi connectivity index (χ0) is 17.9. The summed E-state index contributed by atoms with van der Waals surface area (Å²) in [6.07, 6.45) is 0.775. The molecular formula is C19H33NO2S. The zero-order valence-corrected chi connectivity index (χ0v) is 16.7. The van der Waals surface area contributed by atoms with Gasteiger partial charge < -0.3 is 0 Å². The van der Waals surface area contributed by atoms with Crippen LogP contribution in [0.3, 0.4) is 0 Å². The molecule has 1 aromatic rings. The minimum absolute atomic E-state index is 0.0650. The van der Waals surface area contributed by atoms with E-state index in [2.05, 4.69) is 58.4 Å². The van der Waals surface area contributed by atoms with Gasteiger partial charge in [-0.15, -0.1) is 0 Å². The van der Waals surface area contributed by atoms with Crippen LogP contribution in [0, 0.1) is 0 Å². The van der Waals surface area contributed by atoms with Crippen molar-refractivity contribution in [1.29, 1.82) is 0 Å². The second kappa shape index (κ2) is 7.80. The molecule has 132 valence electrons. The van der Waals surface area contributed by atoms with Gasteiger partial charge in [0.25, 0.3) is 0 Å². The van der Waals surface area contributed by atoms with E-state index in [1.165, 1.54) is 5.56 Å². The molecule has 0 saturated heterocycles. The van der Waals surface area contributed by atoms with Crippen molar-refractivity contribution < 1.29 is 8.42 Å². The molecule has 0 aliphatic carbocycles. The molecule has 0 bridgehead atoms. The van der Waals surface area contributed by atoms with Gasteiger partial charge in [0.05, 0.1) is 4.90 Å². The van der Waals surface area contributed by atoms with E-state index in [-0.39, 0.29) is 17.9 Å². The maximum Gasteiger partial charge on any atom is 0.241 e. The van der Waals surface area contributed by atoms with Crippen LogP contribution in [-0.2, 0) is 10.0 Å². The van der Waals surface area contributed by atoms with E-state index in [1.54, 1.807) is 0 Å². The summed E-state index contributed by atoms with van der Waals surface area (Å²) in [7, 11) is -3.52. The summed E-state index contributed by atoms with van der Waals surface area (Å²) in [5.41, 5.74) is 3.06. The number of rotatable bonds is 7. The number of hydrogen-bond donors (Lipinski definition) is 1. The minimum Gasteiger partial charge on any atom is -0.208 e. The molecule has 23 heavy (non-hydrogen) atoms. The summed E-state index contributed by atoms with van der Waals surface area (Å²) in [4.78, 5) is 0.493. The summed E-state index contributed by atoms with van der Waals surface area (Å²) in [6, 6.07) is 4.09. The molecule has 0 radical (unpaired) electrons. The summed E-state index contributed by atoms with van der Waals surface area (Å²) in [5.74, 6) is 0.702. The summed E-state index contributed by atoms with van der Waals surface area (Å²) < 4.78 is 28.9. The van der Waals surface area contributed by atoms with Gasteiger partial charge in [-0.25, -0.2) is 13.1 Å². The lowest BCUT2D eigenvalue weighted by Gasteiger charge is -2.24. The van der Waals surface area contributed by atoms with Crippen LogP contribution in [0.2, 0.25) is 0 Å². The second-order valence-electron chi connectivity index (χ2n) is 7.42. The van der Waals surface area contributed by atoms with Crippen LogP contribution in [0.1, 0.15) is 96.3 Å². The van der Waals surface area contributed by atoms with Gasteiger partial charge in [0.2, 0.25) is 10.0 Å². The van der Waals surface area contributed by atoms with Gasteiger partial charge in [-0.3, -0.25) is 0 Å². The fraction of sp³-hybridized carbons (Fsp3) is 0.684. The van der Waals surface area contributed by atoms with E-state index in [0.29, 0.717) is 10.8 Å². The zero-order valence-electron chi connectivity index (χ0n) is 15.9. The molecular weight excluding hydrogens is 306 g/mol. The Morgan fingerprint density at radius 3 is 1.61 bits per heavy atom. The summed E-state index contributed by atoms with van der Waals surface area (Å²) >= 11 is 0. The van der Waals surface area contributed by atoms with E-state index in [4.69, 9.17) is 0 Å². The van der Waals surface area contributed by atoms with Crippen LogP contribution in [0.15, 0.2) is 17.0 Å². The lowest BCUT2D eigenvalue weighted by Crippen LogP contribution is -2.33. The topological polar surface area (TPSA) is 46.2 Å². The fourth-order valence-corrected chi connectivity index (χ4v) is 4.63. The lowest BCUT2D eigenvalue weighted by atomic mass is 9.89. The van der Waals surface area contributed by atoms with Crippen LogP contribution < -0.4 is 4.72 Å². The molecule has 4 heteroatoms. The van der Waals surface area contributed by atoms with Crippen molar-refractivity contribution in [3.63, 3.8) is 0 Å². The number of benzene rings is 1. The first kappa shape index (κ1) is 20.2. The number of hydrogen-bond acceptors (Lipinski definition) is 2. The lowest BCUT2D eigenvalue weighted by molar-refractivity contribution is 0.551. The first-order valence-electron chi connectivity index (χ1n) is 8.71. The van der Waals surface area contributed by atoms with Gasteiger partial charge in [0.1, 0.15) is 0 Å². The summed E-state index contributed by atoms with van der Waals surface area (Å²) in [5, 5.41) is 0. The Hall–Kier alpha value is -0.870. The standard InChI is InChI=1S/C19H33NO2S/c1-9-15(8)20-23(21,22)19-17(13(4)5)10-16(12(2)3)11-18(19)14(6)7/h10-15,20H,9H2,1-8H3/t15-/m0/s1. The fourth-order valence-electron chi connectivity index (χ4n) is 2.61. The van der Waals surface area contributed by atoms with Crippen molar-refractivity contribution in [2.45, 2.75) is 90.5 Å². The quantitative estimate of drug-likeness (QED) is 0.748. The maximum atomic E-state index is 13.0. The Balaban J connectivity index is 3.68. The van der Waals surface area contributed by atoms with Gasteiger partial charge in [-0.1, -0.05) is 60.6 Å². The summed E-state index contributed by atoms with van der Waals surface area (Å²) in [6.45, 7) is 16.4. The van der Waals surface area contributed by atoms with Crippen molar-refractivity contribution in [2.75, 3.05) is 0 Å². The molecule has 0 unspecified atom stereocenters. The Morgan fingerprint density at radius 1 is 0.870 bits per heavy atom. The normalized spacial score (nSPS) is 14.0. The maximum absolute atomic E-state index is 13.0. The molecule has 0 aliphatic rings. The van der Waals surface area contributed by atoms with Gasteiger partial charge in [-0.2, -0.15) is 0 Å². The van der Waals surface area contributed by atoms with Crippen molar-refractivity contribution in [2.24, 2.45) is 0 Å². The highest BCUT2D eigenvalue weighted by Crippen LogP contribution is 2.35. The SMILES string of the molecule is CC[C@H](C)NS(=O)(=O)c1c(C(C)C)cc(C(C)C)cc1C(C)C. The third kappa shape index (κ3) is 4.80. The van der Waals surface area contributed by atoms with Crippen molar-refractivity contribution in [3.05, 3.63) is 28.8 Å². The molecule has 0 amide bonds. The van der Waals surface area contributed by atoms with E-state index in [0.717, 1.165) is 17.5 Å². The van der Waals surface area contributed by atoms with Gasteiger partial charge in [0.15, 0.2) is 0 Å². The molecule has 0 heterocycles. The van der Waals surface area contributed by atoms with E-state index in [9.17, 15) is 8.42 Å². The third-order valence-electron chi connectivity index (χ3n) is 4.32. The van der Waals surface area contributed by atoms with E-state index < -0.39 is 10.0 Å². The predicted molar refractivity (Wildman–Crippen MR) is 98.8 cm³/mol. The Labute approximate surface area is 142 Å². The Bertz CT molecular complexity index is 602. The Morgan fingerprint density at radius 2 is 1.30 bits per heavy atom. The molecule has 0 spiro atoms. The molecule has 0 aliphatic heterocycles. The van der Waals surface area contributed by atoms with Crippen LogP contribution in [0.5, 0.6) is 0 Å². The molecule has 1 aromatic carbocycles. The van der Waals surface area contributed by atoms with Gasteiger partial charge in [-0.05, 0) is 47.8 Å². The van der Waals surface area contributed by atoms with E-state index >= 15 is 0 Å². The number of sulfonamides is 1. The van der Waals surface area contributed by atoms with Gasteiger partial charge in [0, 0.05) is 6.04 Å². The molecule has 3 nitrogen and oxygen atoms in total. The van der Waals surface area contributed by atoms with Crippen molar-refractivity contribution in [1.82, 2.24) is 4.72 Å². The largest absolute Gasteiger partial charge is 0.241 e. The first-order valence-corrected chi connectivity index (χ1v) is 10.2. The second-order valence-corrected chi connectivity index (χ2v) is 9.07. The highest BCUT2D eigenvalue weighted by molar-refractivity contribution is 7.89. The van der Waals surface area contributed by atoms with Crippen LogP contribution in [0.25, 0.3) is 0 Å². The molecule has 1 N–H and O–H groups in total. The highest BCUT2D eigenvalue weighted by Gasteiger charge is 2.27. The highest BCUT2D eigenvalue weighted by atomic mass is 32.2. The van der Waals surface area contributed by atoms with Crippen LogP contribution >= 0.6 is 0 Å². The van der Waals surface area contributed by atoms with Crippen molar-refractivity contribution >= 4 is 10.0 Å². The molecule has 1 rings (SSSR count). The van der Waals surface area contributed by atoms with Crippen molar-refractivity contribution in [3.8, 4) is 0 Å². The Kier molecular flexibility index (Phi) is 6.84. The van der Waals surface area contributed by atoms with Crippen LogP contribution in [-0.4, -0.2) is 14.5 Å². The monoisotopic (exact) mass is 339 g/mol. The average Bonchev–Trinajstić information content (AvgIpc) is 2.44. The van der Waals surface area contributed by atoms with E-state index in [1.807, 2.05) is 13.8 Å². The average molecular weight is 340 g/mol. The van der Waals surface area contributed by atoms with Crippen LogP contribution in [0.4, 0.5) is 0 Å².